The molecule has 0 heterocycles. The molecule has 5 N–H and O–H groups in total. The van der Waals surface area contributed by atoms with Gasteiger partial charge >= 0.3 is 0 Å². The van der Waals surface area contributed by atoms with Gasteiger partial charge in [0.25, 0.3) is 10.1 Å². The summed E-state index contributed by atoms with van der Waals surface area (Å²) in [4.78, 5) is 2.13. The van der Waals surface area contributed by atoms with Crippen LogP contribution in [0.1, 0.15) is 19.3 Å². The first-order valence-corrected chi connectivity index (χ1v) is 7.18. The van der Waals surface area contributed by atoms with Crippen LogP contribution in [0, 0.1) is 0 Å². The van der Waals surface area contributed by atoms with Crippen molar-refractivity contribution < 1.29 is 13.0 Å². The molecule has 98 valence electrons. The van der Waals surface area contributed by atoms with Crippen LogP contribution >= 0.6 is 0 Å². The summed E-state index contributed by atoms with van der Waals surface area (Å²) >= 11 is 0. The molecule has 0 amide bonds. The van der Waals surface area contributed by atoms with Crippen molar-refractivity contribution in [3.8, 4) is 0 Å². The SMILES string of the molecule is NCCCN(CCCN)CCCS(=O)(=O)O. The third-order valence-electron chi connectivity index (χ3n) is 2.23. The first-order valence-electron chi connectivity index (χ1n) is 5.57. The molecule has 0 unspecified atom stereocenters. The Bertz CT molecular complexity index is 249. The highest BCUT2D eigenvalue weighted by Gasteiger charge is 2.08. The van der Waals surface area contributed by atoms with Crippen molar-refractivity contribution in [2.24, 2.45) is 11.5 Å². The quantitative estimate of drug-likeness (QED) is 0.443. The van der Waals surface area contributed by atoms with Gasteiger partial charge in [0.1, 0.15) is 0 Å². The van der Waals surface area contributed by atoms with Gasteiger partial charge in [0, 0.05) is 0 Å². The lowest BCUT2D eigenvalue weighted by molar-refractivity contribution is 0.270. The Morgan fingerprint density at radius 2 is 1.38 bits per heavy atom. The monoisotopic (exact) mass is 253 g/mol. The van der Waals surface area contributed by atoms with Crippen LogP contribution in [0.2, 0.25) is 0 Å². The van der Waals surface area contributed by atoms with E-state index in [1.165, 1.54) is 0 Å². The fraction of sp³-hybridized carbons (Fsp3) is 1.00. The predicted molar refractivity (Wildman–Crippen MR) is 64.8 cm³/mol. The van der Waals surface area contributed by atoms with E-state index >= 15 is 0 Å². The molecule has 6 nitrogen and oxygen atoms in total. The summed E-state index contributed by atoms with van der Waals surface area (Å²) < 4.78 is 29.7. The first-order chi connectivity index (χ1) is 7.49. The van der Waals surface area contributed by atoms with Crippen molar-refractivity contribution in [2.45, 2.75) is 19.3 Å². The van der Waals surface area contributed by atoms with Gasteiger partial charge in [0.15, 0.2) is 0 Å². The summed E-state index contributed by atoms with van der Waals surface area (Å²) in [5.41, 5.74) is 10.8. The summed E-state index contributed by atoms with van der Waals surface area (Å²) in [6, 6.07) is 0. The second kappa shape index (κ2) is 8.89. The Labute approximate surface area is 97.7 Å². The molecule has 0 saturated carbocycles. The zero-order valence-corrected chi connectivity index (χ0v) is 10.5. The molecule has 0 bridgehead atoms. The van der Waals surface area contributed by atoms with Gasteiger partial charge in [-0.3, -0.25) is 4.55 Å². The third kappa shape index (κ3) is 10.3. The van der Waals surface area contributed by atoms with Gasteiger partial charge in [-0.2, -0.15) is 8.42 Å². The maximum atomic E-state index is 10.5. The summed E-state index contributed by atoms with van der Waals surface area (Å²) in [5.74, 6) is -0.186. The Morgan fingerprint density at radius 1 is 0.938 bits per heavy atom. The van der Waals surface area contributed by atoms with E-state index in [1.54, 1.807) is 0 Å². The van der Waals surface area contributed by atoms with Crippen molar-refractivity contribution >= 4 is 10.1 Å². The molecule has 0 aliphatic heterocycles. The van der Waals surface area contributed by atoms with Crippen molar-refractivity contribution in [3.05, 3.63) is 0 Å². The smallest absolute Gasteiger partial charge is 0.264 e. The lowest BCUT2D eigenvalue weighted by Crippen LogP contribution is -2.30. The molecule has 16 heavy (non-hydrogen) atoms. The van der Waals surface area contributed by atoms with Gasteiger partial charge in [-0.25, -0.2) is 0 Å². The first kappa shape index (κ1) is 15.8. The number of hydrogen-bond donors (Lipinski definition) is 3. The Kier molecular flexibility index (Phi) is 8.77. The van der Waals surface area contributed by atoms with Gasteiger partial charge in [0.05, 0.1) is 5.75 Å². The standard InChI is InChI=1S/C9H23N3O3S/c10-4-1-6-12(7-2-5-11)8-3-9-16(13,14)15/h1-11H2,(H,13,14,15). The molecule has 0 aromatic rings. The molecule has 0 aromatic heterocycles. The lowest BCUT2D eigenvalue weighted by atomic mass is 10.3. The average molecular weight is 253 g/mol. The van der Waals surface area contributed by atoms with Gasteiger partial charge in [-0.15, -0.1) is 0 Å². The molecular weight excluding hydrogens is 230 g/mol. The number of nitrogens with two attached hydrogens (primary N) is 2. The zero-order chi connectivity index (χ0) is 12.4. The molecule has 0 radical (unpaired) electrons. The van der Waals surface area contributed by atoms with E-state index in [4.69, 9.17) is 16.0 Å². The van der Waals surface area contributed by atoms with E-state index in [0.29, 0.717) is 26.1 Å². The molecule has 0 spiro atoms. The largest absolute Gasteiger partial charge is 0.330 e. The molecule has 0 aliphatic carbocycles. The predicted octanol–water partition coefficient (Wildman–Crippen LogP) is -0.736. The van der Waals surface area contributed by atoms with Crippen molar-refractivity contribution in [3.63, 3.8) is 0 Å². The van der Waals surface area contributed by atoms with Crippen LogP contribution in [0.5, 0.6) is 0 Å². The Balaban J connectivity index is 3.81. The highest BCUT2D eigenvalue weighted by molar-refractivity contribution is 7.85. The van der Waals surface area contributed by atoms with E-state index in [0.717, 1.165) is 25.9 Å². The van der Waals surface area contributed by atoms with Crippen LogP contribution in [-0.4, -0.2) is 56.3 Å². The van der Waals surface area contributed by atoms with Crippen molar-refractivity contribution in [1.29, 1.82) is 0 Å². The zero-order valence-electron chi connectivity index (χ0n) is 9.64. The average Bonchev–Trinajstić information content (AvgIpc) is 2.19. The minimum Gasteiger partial charge on any atom is -0.330 e. The maximum absolute atomic E-state index is 10.5. The van der Waals surface area contributed by atoms with Gasteiger partial charge in [-0.1, -0.05) is 0 Å². The summed E-state index contributed by atoms with van der Waals surface area (Å²) in [5, 5.41) is 0. The molecule has 0 atom stereocenters. The molecular formula is C9H23N3O3S. The third-order valence-corrected chi connectivity index (χ3v) is 3.04. The normalized spacial score (nSPS) is 12.2. The highest BCUT2D eigenvalue weighted by atomic mass is 32.2. The minimum absolute atomic E-state index is 0.186. The van der Waals surface area contributed by atoms with Crippen molar-refractivity contribution in [1.82, 2.24) is 4.90 Å². The molecule has 0 fully saturated rings. The second-order valence-corrected chi connectivity index (χ2v) is 5.34. The summed E-state index contributed by atoms with van der Waals surface area (Å²) in [6.45, 7) is 3.60. The van der Waals surface area contributed by atoms with Gasteiger partial charge in [-0.05, 0) is 52.0 Å². The van der Waals surface area contributed by atoms with Crippen molar-refractivity contribution in [2.75, 3.05) is 38.5 Å². The summed E-state index contributed by atoms with van der Waals surface area (Å²) in [7, 11) is -3.84. The number of hydrogen-bond acceptors (Lipinski definition) is 5. The van der Waals surface area contributed by atoms with Crippen LogP contribution in [-0.2, 0) is 10.1 Å². The lowest BCUT2D eigenvalue weighted by Gasteiger charge is -2.21. The highest BCUT2D eigenvalue weighted by Crippen LogP contribution is 1.97. The van der Waals surface area contributed by atoms with Gasteiger partial charge in [0.2, 0.25) is 0 Å². The topological polar surface area (TPSA) is 110 Å². The Morgan fingerprint density at radius 3 is 1.75 bits per heavy atom. The summed E-state index contributed by atoms with van der Waals surface area (Å²) in [6.07, 6.45) is 2.21. The fourth-order valence-electron chi connectivity index (χ4n) is 1.44. The minimum atomic E-state index is -3.84. The van der Waals surface area contributed by atoms with Gasteiger partial charge < -0.3 is 16.4 Å². The maximum Gasteiger partial charge on any atom is 0.264 e. The van der Waals surface area contributed by atoms with Crippen LogP contribution in [0.15, 0.2) is 0 Å². The van der Waals surface area contributed by atoms with Crippen LogP contribution < -0.4 is 11.5 Å². The molecule has 0 saturated heterocycles. The van der Waals surface area contributed by atoms with E-state index in [2.05, 4.69) is 4.90 Å². The van der Waals surface area contributed by atoms with E-state index < -0.39 is 10.1 Å². The fourth-order valence-corrected chi connectivity index (χ4v) is 1.93. The number of nitrogens with zero attached hydrogens (tertiary/aromatic N) is 1. The van der Waals surface area contributed by atoms with Crippen LogP contribution in [0.25, 0.3) is 0 Å². The van der Waals surface area contributed by atoms with Crippen LogP contribution in [0.4, 0.5) is 0 Å². The molecule has 0 aliphatic rings. The molecule has 7 heteroatoms. The number of rotatable bonds is 10. The van der Waals surface area contributed by atoms with E-state index in [1.807, 2.05) is 0 Å². The molecule has 0 rings (SSSR count). The van der Waals surface area contributed by atoms with Crippen LogP contribution in [0.3, 0.4) is 0 Å². The molecule has 0 aromatic carbocycles. The Hall–Kier alpha value is -0.210. The second-order valence-electron chi connectivity index (χ2n) is 3.77. The van der Waals surface area contributed by atoms with E-state index in [9.17, 15) is 8.42 Å². The van der Waals surface area contributed by atoms with E-state index in [-0.39, 0.29) is 5.75 Å².